The lowest BCUT2D eigenvalue weighted by atomic mass is 10.2. The van der Waals surface area contributed by atoms with Gasteiger partial charge in [0.15, 0.2) is 0 Å². The molecule has 0 radical (unpaired) electrons. The molecule has 1 aliphatic rings. The molecule has 3 rings (SSSR count). The van der Waals surface area contributed by atoms with Crippen LogP contribution in [-0.2, 0) is 13.6 Å². The van der Waals surface area contributed by atoms with Crippen molar-refractivity contribution in [1.82, 2.24) is 14.9 Å². The predicted octanol–water partition coefficient (Wildman–Crippen LogP) is 3.12. The summed E-state index contributed by atoms with van der Waals surface area (Å²) >= 11 is 0. The zero-order valence-electron chi connectivity index (χ0n) is 14.2. The van der Waals surface area contributed by atoms with Gasteiger partial charge in [-0.1, -0.05) is 18.9 Å². The van der Waals surface area contributed by atoms with Crippen LogP contribution in [0.4, 0.5) is 16.2 Å². The second kappa shape index (κ2) is 7.86. The summed E-state index contributed by atoms with van der Waals surface area (Å²) in [6.45, 7) is 2.59. The van der Waals surface area contributed by atoms with Gasteiger partial charge in [-0.25, -0.2) is 9.78 Å². The van der Waals surface area contributed by atoms with Crippen molar-refractivity contribution in [3.05, 3.63) is 42.5 Å². The van der Waals surface area contributed by atoms with Crippen molar-refractivity contribution in [3.63, 3.8) is 0 Å². The average molecular weight is 327 g/mol. The summed E-state index contributed by atoms with van der Waals surface area (Å²) in [6.07, 6.45) is 8.68. The molecule has 6 heteroatoms. The van der Waals surface area contributed by atoms with Crippen LogP contribution in [-0.4, -0.2) is 28.7 Å². The third kappa shape index (κ3) is 4.28. The fourth-order valence-corrected chi connectivity index (χ4v) is 3.01. The molecule has 6 nitrogen and oxygen atoms in total. The lowest BCUT2D eigenvalue weighted by Gasteiger charge is -2.23. The van der Waals surface area contributed by atoms with E-state index in [1.807, 2.05) is 36.0 Å². The van der Waals surface area contributed by atoms with E-state index < -0.39 is 0 Å². The van der Waals surface area contributed by atoms with E-state index in [9.17, 15) is 4.79 Å². The van der Waals surface area contributed by atoms with E-state index >= 15 is 0 Å². The number of anilines is 2. The van der Waals surface area contributed by atoms with Crippen LogP contribution in [0.2, 0.25) is 0 Å². The van der Waals surface area contributed by atoms with Crippen LogP contribution in [0.5, 0.6) is 0 Å². The Morgan fingerprint density at radius 3 is 2.71 bits per heavy atom. The Balaban J connectivity index is 1.57. The van der Waals surface area contributed by atoms with E-state index in [-0.39, 0.29) is 6.03 Å². The molecule has 1 fully saturated rings. The quantitative estimate of drug-likeness (QED) is 0.907. The second-order valence-electron chi connectivity index (χ2n) is 6.21. The van der Waals surface area contributed by atoms with Crippen molar-refractivity contribution < 1.29 is 4.79 Å². The minimum Gasteiger partial charge on any atom is -0.371 e. The molecule has 0 saturated carbocycles. The molecule has 0 spiro atoms. The van der Waals surface area contributed by atoms with Crippen LogP contribution in [0.15, 0.2) is 36.7 Å². The number of nitrogens with zero attached hydrogens (tertiary/aromatic N) is 3. The fraction of sp³-hybridized carbons (Fsp3) is 0.444. The van der Waals surface area contributed by atoms with Gasteiger partial charge in [0, 0.05) is 43.9 Å². The van der Waals surface area contributed by atoms with E-state index in [0.29, 0.717) is 6.54 Å². The zero-order chi connectivity index (χ0) is 16.8. The van der Waals surface area contributed by atoms with Crippen LogP contribution in [0.3, 0.4) is 0 Å². The van der Waals surface area contributed by atoms with E-state index in [1.165, 1.54) is 31.4 Å². The fourth-order valence-electron chi connectivity index (χ4n) is 3.01. The maximum absolute atomic E-state index is 12.1. The highest BCUT2D eigenvalue weighted by atomic mass is 16.2. The Morgan fingerprint density at radius 1 is 1.21 bits per heavy atom. The molecule has 24 heavy (non-hydrogen) atoms. The number of urea groups is 1. The molecular formula is C18H25N5O. The number of rotatable bonds is 4. The second-order valence-corrected chi connectivity index (χ2v) is 6.21. The first-order valence-corrected chi connectivity index (χ1v) is 8.58. The van der Waals surface area contributed by atoms with Crippen LogP contribution >= 0.6 is 0 Å². The summed E-state index contributed by atoms with van der Waals surface area (Å²) in [5, 5.41) is 5.74. The molecule has 1 aromatic heterocycles. The molecule has 2 heterocycles. The van der Waals surface area contributed by atoms with E-state index in [0.717, 1.165) is 24.6 Å². The molecule has 0 unspecified atom stereocenters. The monoisotopic (exact) mass is 327 g/mol. The average Bonchev–Trinajstić information content (AvgIpc) is 2.83. The third-order valence-electron chi connectivity index (χ3n) is 4.40. The molecule has 2 amide bonds. The maximum atomic E-state index is 12.1. The Kier molecular flexibility index (Phi) is 5.36. The molecule has 0 aliphatic carbocycles. The minimum absolute atomic E-state index is 0.217. The van der Waals surface area contributed by atoms with Crippen LogP contribution in [0, 0.1) is 0 Å². The lowest BCUT2D eigenvalue weighted by Crippen LogP contribution is -2.29. The molecule has 128 valence electrons. The SMILES string of the molecule is Cn1ccnc1CNC(=O)Nc1cccc(N2CCCCCC2)c1. The summed E-state index contributed by atoms with van der Waals surface area (Å²) in [5.41, 5.74) is 1.99. The zero-order valence-corrected chi connectivity index (χ0v) is 14.2. The highest BCUT2D eigenvalue weighted by Crippen LogP contribution is 2.22. The molecule has 1 aliphatic heterocycles. The molecule has 2 aromatic rings. The maximum Gasteiger partial charge on any atom is 0.319 e. The van der Waals surface area contributed by atoms with Gasteiger partial charge in [0.1, 0.15) is 5.82 Å². The lowest BCUT2D eigenvalue weighted by molar-refractivity contribution is 0.251. The summed E-state index contributed by atoms with van der Waals surface area (Å²) in [6, 6.07) is 7.86. The minimum atomic E-state index is -0.217. The topological polar surface area (TPSA) is 62.2 Å². The first-order chi connectivity index (χ1) is 11.7. The van der Waals surface area contributed by atoms with Gasteiger partial charge in [-0.3, -0.25) is 0 Å². The largest absolute Gasteiger partial charge is 0.371 e. The van der Waals surface area contributed by atoms with E-state index in [4.69, 9.17) is 0 Å². The van der Waals surface area contributed by atoms with Crippen molar-refractivity contribution >= 4 is 17.4 Å². The van der Waals surface area contributed by atoms with E-state index in [1.54, 1.807) is 6.20 Å². The number of aryl methyl sites for hydroxylation is 1. The van der Waals surface area contributed by atoms with Crippen LogP contribution in [0.1, 0.15) is 31.5 Å². The van der Waals surface area contributed by atoms with Gasteiger partial charge in [0.2, 0.25) is 0 Å². The van der Waals surface area contributed by atoms with Crippen molar-refractivity contribution in [2.75, 3.05) is 23.3 Å². The normalized spacial score (nSPS) is 15.0. The summed E-state index contributed by atoms with van der Waals surface area (Å²) in [5.74, 6) is 0.823. The van der Waals surface area contributed by atoms with E-state index in [2.05, 4.69) is 26.6 Å². The van der Waals surface area contributed by atoms with Gasteiger partial charge < -0.3 is 20.1 Å². The predicted molar refractivity (Wildman–Crippen MR) is 96.2 cm³/mol. The Hall–Kier alpha value is -2.50. The van der Waals surface area contributed by atoms with Gasteiger partial charge in [0.25, 0.3) is 0 Å². The summed E-state index contributed by atoms with van der Waals surface area (Å²) < 4.78 is 1.89. The first kappa shape index (κ1) is 16.4. The molecule has 1 saturated heterocycles. The number of hydrogen-bond acceptors (Lipinski definition) is 3. The molecule has 0 bridgehead atoms. The number of imidazole rings is 1. The Morgan fingerprint density at radius 2 is 2.00 bits per heavy atom. The van der Waals surface area contributed by atoms with Gasteiger partial charge >= 0.3 is 6.03 Å². The molecule has 0 atom stereocenters. The van der Waals surface area contributed by atoms with Crippen molar-refractivity contribution in [2.45, 2.75) is 32.2 Å². The number of nitrogens with one attached hydrogen (secondary N) is 2. The summed E-state index contributed by atoms with van der Waals surface area (Å²) in [4.78, 5) is 18.7. The number of aromatic nitrogens is 2. The Bertz CT molecular complexity index is 674. The molecule has 2 N–H and O–H groups in total. The van der Waals surface area contributed by atoms with Gasteiger partial charge in [-0.2, -0.15) is 0 Å². The van der Waals surface area contributed by atoms with Gasteiger partial charge in [-0.15, -0.1) is 0 Å². The van der Waals surface area contributed by atoms with Crippen LogP contribution < -0.4 is 15.5 Å². The number of carbonyl (C=O) groups excluding carboxylic acids is 1. The van der Waals surface area contributed by atoms with Gasteiger partial charge in [0.05, 0.1) is 6.54 Å². The number of hydrogen-bond donors (Lipinski definition) is 2. The summed E-state index contributed by atoms with van der Waals surface area (Å²) in [7, 11) is 1.91. The Labute approximate surface area is 142 Å². The standard InChI is InChI=1S/C18H25N5O/c1-22-12-9-19-17(22)14-20-18(24)21-15-7-6-8-16(13-15)23-10-4-2-3-5-11-23/h6-9,12-13H,2-5,10-11,14H2,1H3,(H2,20,21,24). The third-order valence-corrected chi connectivity index (χ3v) is 4.40. The highest BCUT2D eigenvalue weighted by Gasteiger charge is 2.11. The van der Waals surface area contributed by atoms with Gasteiger partial charge in [-0.05, 0) is 31.0 Å². The number of amides is 2. The highest BCUT2D eigenvalue weighted by molar-refractivity contribution is 5.89. The van der Waals surface area contributed by atoms with Crippen LogP contribution in [0.25, 0.3) is 0 Å². The smallest absolute Gasteiger partial charge is 0.319 e. The first-order valence-electron chi connectivity index (χ1n) is 8.58. The van der Waals surface area contributed by atoms with Crippen molar-refractivity contribution in [2.24, 2.45) is 7.05 Å². The number of carbonyl (C=O) groups is 1. The number of benzene rings is 1. The van der Waals surface area contributed by atoms with Crippen molar-refractivity contribution in [1.29, 1.82) is 0 Å². The van der Waals surface area contributed by atoms with Crippen molar-refractivity contribution in [3.8, 4) is 0 Å². The molecule has 1 aromatic carbocycles. The molecular weight excluding hydrogens is 302 g/mol.